The number of hydrogen-bond donors (Lipinski definition) is 2. The lowest BCUT2D eigenvalue weighted by Gasteiger charge is -2.20. The summed E-state index contributed by atoms with van der Waals surface area (Å²) >= 11 is 0. The molecule has 5 nitrogen and oxygen atoms in total. The number of ether oxygens (including phenoxy) is 1. The van der Waals surface area contributed by atoms with E-state index in [0.717, 1.165) is 43.4 Å². The third-order valence-electron chi connectivity index (χ3n) is 5.48. The van der Waals surface area contributed by atoms with Crippen molar-refractivity contribution in [3.8, 4) is 0 Å². The molecule has 0 atom stereocenters. The van der Waals surface area contributed by atoms with Crippen LogP contribution in [0.3, 0.4) is 0 Å². The van der Waals surface area contributed by atoms with E-state index in [4.69, 9.17) is 4.74 Å². The summed E-state index contributed by atoms with van der Waals surface area (Å²) in [4.78, 5) is 24.3. The number of carbonyl (C=O) groups excluding carboxylic acids is 2. The molecule has 3 rings (SSSR count). The Morgan fingerprint density at radius 2 is 1.70 bits per heavy atom. The molecule has 0 radical (unpaired) electrons. The highest BCUT2D eigenvalue weighted by Gasteiger charge is 2.20. The van der Waals surface area contributed by atoms with Crippen LogP contribution in [0.25, 0.3) is 0 Å². The highest BCUT2D eigenvalue weighted by atomic mass is 16.5. The summed E-state index contributed by atoms with van der Waals surface area (Å²) < 4.78 is 5.77. The molecule has 0 heterocycles. The third-order valence-corrected chi connectivity index (χ3v) is 5.48. The second kappa shape index (κ2) is 12.1. The van der Waals surface area contributed by atoms with Crippen LogP contribution >= 0.6 is 0 Å². The van der Waals surface area contributed by atoms with Gasteiger partial charge >= 0.3 is 0 Å². The smallest absolute Gasteiger partial charge is 0.226 e. The van der Waals surface area contributed by atoms with E-state index in [1.807, 2.05) is 42.5 Å². The number of amides is 2. The normalized spacial score (nSPS) is 14.3. The maximum Gasteiger partial charge on any atom is 0.226 e. The third kappa shape index (κ3) is 7.64. The molecule has 0 unspecified atom stereocenters. The van der Waals surface area contributed by atoms with Crippen LogP contribution in [0.4, 0.5) is 5.69 Å². The molecule has 30 heavy (non-hydrogen) atoms. The number of rotatable bonds is 10. The minimum atomic E-state index is -0.0962. The summed E-state index contributed by atoms with van der Waals surface area (Å²) in [6.45, 7) is 1.54. The summed E-state index contributed by atoms with van der Waals surface area (Å²) in [5.74, 6) is 0.124. The van der Waals surface area contributed by atoms with Crippen LogP contribution in [0, 0.1) is 5.92 Å². The van der Waals surface area contributed by atoms with E-state index >= 15 is 0 Å². The summed E-state index contributed by atoms with van der Waals surface area (Å²) in [5, 5.41) is 5.81. The van der Waals surface area contributed by atoms with Gasteiger partial charge in [-0.05, 0) is 42.5 Å². The molecule has 2 aromatic rings. The highest BCUT2D eigenvalue weighted by molar-refractivity contribution is 5.91. The quantitative estimate of drug-likeness (QED) is 0.570. The fourth-order valence-electron chi connectivity index (χ4n) is 3.80. The average molecular weight is 409 g/mol. The molecule has 2 N–H and O–H groups in total. The minimum absolute atomic E-state index is 0.0946. The molecule has 1 aliphatic rings. The molecule has 2 aromatic carbocycles. The molecule has 0 aromatic heterocycles. The zero-order chi connectivity index (χ0) is 21.0. The minimum Gasteiger partial charge on any atom is -0.376 e. The van der Waals surface area contributed by atoms with Crippen molar-refractivity contribution in [2.24, 2.45) is 5.92 Å². The second-order valence-corrected chi connectivity index (χ2v) is 7.91. The Labute approximate surface area is 179 Å². The first-order valence-electron chi connectivity index (χ1n) is 11.0. The van der Waals surface area contributed by atoms with Gasteiger partial charge in [-0.15, -0.1) is 0 Å². The van der Waals surface area contributed by atoms with Crippen LogP contribution in [-0.2, 0) is 27.4 Å². The monoisotopic (exact) mass is 408 g/mol. The molecule has 160 valence electrons. The fourth-order valence-corrected chi connectivity index (χ4v) is 3.80. The molecule has 1 aliphatic carbocycles. The van der Waals surface area contributed by atoms with E-state index in [1.165, 1.54) is 12.0 Å². The number of anilines is 1. The van der Waals surface area contributed by atoms with Crippen LogP contribution in [0.2, 0.25) is 0 Å². The van der Waals surface area contributed by atoms with Crippen molar-refractivity contribution in [1.82, 2.24) is 5.32 Å². The lowest BCUT2D eigenvalue weighted by Crippen LogP contribution is -2.34. The van der Waals surface area contributed by atoms with E-state index < -0.39 is 0 Å². The van der Waals surface area contributed by atoms with Crippen molar-refractivity contribution in [3.05, 3.63) is 65.7 Å². The Morgan fingerprint density at radius 1 is 0.933 bits per heavy atom. The Balaban J connectivity index is 1.34. The van der Waals surface area contributed by atoms with E-state index in [-0.39, 0.29) is 24.2 Å². The van der Waals surface area contributed by atoms with Gasteiger partial charge in [0.25, 0.3) is 0 Å². The Hall–Kier alpha value is -2.66. The van der Waals surface area contributed by atoms with Gasteiger partial charge in [0, 0.05) is 24.6 Å². The summed E-state index contributed by atoms with van der Waals surface area (Å²) in [6.07, 6.45) is 6.58. The predicted octanol–water partition coefficient (Wildman–Crippen LogP) is 4.47. The van der Waals surface area contributed by atoms with Crippen molar-refractivity contribution in [1.29, 1.82) is 0 Å². The molecule has 5 heteroatoms. The van der Waals surface area contributed by atoms with Crippen molar-refractivity contribution in [2.75, 3.05) is 18.5 Å². The molecule has 1 fully saturated rings. The zero-order valence-electron chi connectivity index (χ0n) is 17.6. The van der Waals surface area contributed by atoms with Crippen LogP contribution in [0.5, 0.6) is 0 Å². The number of nitrogens with one attached hydrogen (secondary N) is 2. The SMILES string of the molecule is O=C(CCNC(=O)C1CCCCC1)Nc1cccc(COCCc2ccccc2)c1. The molecule has 0 spiro atoms. The van der Waals surface area contributed by atoms with Crippen LogP contribution < -0.4 is 10.6 Å². The number of hydrogen-bond acceptors (Lipinski definition) is 3. The summed E-state index contributed by atoms with van der Waals surface area (Å²) in [6, 6.07) is 18.0. The lowest BCUT2D eigenvalue weighted by atomic mass is 9.89. The van der Waals surface area contributed by atoms with Crippen LogP contribution in [0.15, 0.2) is 54.6 Å². The topological polar surface area (TPSA) is 67.4 Å². The van der Waals surface area contributed by atoms with Gasteiger partial charge in [-0.1, -0.05) is 61.7 Å². The maximum absolute atomic E-state index is 12.2. The Kier molecular flexibility index (Phi) is 8.91. The molecular formula is C25H32N2O3. The Morgan fingerprint density at radius 3 is 2.50 bits per heavy atom. The van der Waals surface area contributed by atoms with Crippen molar-refractivity contribution in [3.63, 3.8) is 0 Å². The first kappa shape index (κ1) is 22.0. The van der Waals surface area contributed by atoms with E-state index in [2.05, 4.69) is 22.8 Å². The predicted molar refractivity (Wildman–Crippen MR) is 119 cm³/mol. The maximum atomic E-state index is 12.2. The van der Waals surface area contributed by atoms with Gasteiger partial charge in [0.2, 0.25) is 11.8 Å². The first-order chi connectivity index (χ1) is 14.7. The molecule has 2 amide bonds. The van der Waals surface area contributed by atoms with Gasteiger partial charge in [0.05, 0.1) is 13.2 Å². The summed E-state index contributed by atoms with van der Waals surface area (Å²) in [7, 11) is 0. The molecular weight excluding hydrogens is 376 g/mol. The van der Waals surface area contributed by atoms with Crippen molar-refractivity contribution in [2.45, 2.75) is 51.6 Å². The standard InChI is InChI=1S/C25H32N2O3/c28-24(14-16-26-25(29)22-11-5-2-6-12-22)27-23-13-7-10-21(18-23)19-30-17-15-20-8-3-1-4-9-20/h1,3-4,7-10,13,18,22H,2,5-6,11-12,14-17,19H2,(H,26,29)(H,27,28). The van der Waals surface area contributed by atoms with E-state index in [0.29, 0.717) is 19.8 Å². The summed E-state index contributed by atoms with van der Waals surface area (Å²) in [5.41, 5.74) is 3.03. The van der Waals surface area contributed by atoms with Crippen LogP contribution in [0.1, 0.15) is 49.7 Å². The molecule has 1 saturated carbocycles. The Bertz CT molecular complexity index is 801. The van der Waals surface area contributed by atoms with Gasteiger partial charge < -0.3 is 15.4 Å². The molecule has 0 bridgehead atoms. The molecule has 0 saturated heterocycles. The van der Waals surface area contributed by atoms with Crippen molar-refractivity contribution >= 4 is 17.5 Å². The van der Waals surface area contributed by atoms with Gasteiger partial charge in [-0.3, -0.25) is 9.59 Å². The fraction of sp³-hybridized carbons (Fsp3) is 0.440. The van der Waals surface area contributed by atoms with Gasteiger partial charge in [0.1, 0.15) is 0 Å². The van der Waals surface area contributed by atoms with Gasteiger partial charge in [-0.25, -0.2) is 0 Å². The van der Waals surface area contributed by atoms with E-state index in [1.54, 1.807) is 0 Å². The largest absolute Gasteiger partial charge is 0.376 e. The van der Waals surface area contributed by atoms with Crippen molar-refractivity contribution < 1.29 is 14.3 Å². The second-order valence-electron chi connectivity index (χ2n) is 7.91. The van der Waals surface area contributed by atoms with Gasteiger partial charge in [0.15, 0.2) is 0 Å². The molecule has 0 aliphatic heterocycles. The lowest BCUT2D eigenvalue weighted by molar-refractivity contribution is -0.126. The average Bonchev–Trinajstić information content (AvgIpc) is 2.78. The first-order valence-corrected chi connectivity index (χ1v) is 11.0. The van der Waals surface area contributed by atoms with E-state index in [9.17, 15) is 9.59 Å². The van der Waals surface area contributed by atoms with Gasteiger partial charge in [-0.2, -0.15) is 0 Å². The highest BCUT2D eigenvalue weighted by Crippen LogP contribution is 2.23. The zero-order valence-corrected chi connectivity index (χ0v) is 17.6. The number of benzene rings is 2. The number of carbonyl (C=O) groups is 2. The van der Waals surface area contributed by atoms with Crippen LogP contribution in [-0.4, -0.2) is 25.0 Å².